The topological polar surface area (TPSA) is 45.2 Å². The van der Waals surface area contributed by atoms with E-state index in [0.717, 1.165) is 31.7 Å². The van der Waals surface area contributed by atoms with Crippen molar-refractivity contribution in [2.24, 2.45) is 5.92 Å². The van der Waals surface area contributed by atoms with Gasteiger partial charge in [0, 0.05) is 25.2 Å². The van der Waals surface area contributed by atoms with Crippen LogP contribution in [0, 0.1) is 5.92 Å². The fraction of sp³-hybridized carbons (Fsp3) is 0.625. The zero-order valence-electron chi connectivity index (χ0n) is 12.5. The molecule has 0 unspecified atom stereocenters. The van der Waals surface area contributed by atoms with Gasteiger partial charge in [-0.05, 0) is 36.0 Å². The Morgan fingerprint density at radius 2 is 2.05 bits per heavy atom. The van der Waals surface area contributed by atoms with Crippen LogP contribution in [0.3, 0.4) is 0 Å². The van der Waals surface area contributed by atoms with Gasteiger partial charge in [0.2, 0.25) is 5.91 Å². The molecule has 1 aromatic heterocycles. The van der Waals surface area contributed by atoms with E-state index in [0.29, 0.717) is 17.9 Å². The Kier molecular flexibility index (Phi) is 3.19. The lowest BCUT2D eigenvalue weighted by Gasteiger charge is -2.40. The van der Waals surface area contributed by atoms with Gasteiger partial charge in [-0.3, -0.25) is 4.79 Å². The molecule has 0 aromatic carbocycles. The molecule has 0 bridgehead atoms. The van der Waals surface area contributed by atoms with Crippen molar-refractivity contribution in [1.29, 1.82) is 0 Å². The maximum absolute atomic E-state index is 11.9. The number of hydrogen-bond donors (Lipinski definition) is 1. The van der Waals surface area contributed by atoms with Crippen molar-refractivity contribution in [1.82, 2.24) is 9.88 Å². The Morgan fingerprint density at radius 3 is 2.65 bits per heavy atom. The number of likely N-dealkylation sites (tertiary alicyclic amines) is 1. The number of carbonyl (C=O) groups excluding carboxylic acids is 1. The molecule has 20 heavy (non-hydrogen) atoms. The highest BCUT2D eigenvalue weighted by Crippen LogP contribution is 2.32. The number of aromatic nitrogens is 1. The van der Waals surface area contributed by atoms with E-state index in [2.05, 4.69) is 43.2 Å². The number of nitrogens with zero attached hydrogens (tertiary/aromatic N) is 2. The Labute approximate surface area is 120 Å². The Balaban J connectivity index is 1.56. The molecule has 2 fully saturated rings. The van der Waals surface area contributed by atoms with Crippen molar-refractivity contribution in [3.05, 3.63) is 23.9 Å². The highest BCUT2D eigenvalue weighted by Gasteiger charge is 2.39. The van der Waals surface area contributed by atoms with E-state index in [1.165, 1.54) is 5.56 Å². The van der Waals surface area contributed by atoms with Crippen LogP contribution in [0.2, 0.25) is 0 Å². The number of pyridine rings is 1. The third kappa shape index (κ3) is 2.79. The molecule has 4 nitrogen and oxygen atoms in total. The van der Waals surface area contributed by atoms with E-state index in [-0.39, 0.29) is 5.41 Å². The van der Waals surface area contributed by atoms with Crippen molar-refractivity contribution >= 4 is 11.7 Å². The van der Waals surface area contributed by atoms with Crippen LogP contribution in [0.5, 0.6) is 0 Å². The van der Waals surface area contributed by atoms with Crippen LogP contribution in [-0.2, 0) is 10.2 Å². The highest BCUT2D eigenvalue weighted by molar-refractivity contribution is 5.82. The molecule has 2 aliphatic rings. The lowest BCUT2D eigenvalue weighted by atomic mass is 9.88. The average Bonchev–Trinajstić information content (AvgIpc) is 3.16. The number of carbonyl (C=O) groups is 1. The Hall–Kier alpha value is -1.58. The van der Waals surface area contributed by atoms with Crippen LogP contribution in [0.15, 0.2) is 18.3 Å². The zero-order valence-corrected chi connectivity index (χ0v) is 12.5. The molecule has 1 saturated heterocycles. The van der Waals surface area contributed by atoms with E-state index in [4.69, 9.17) is 0 Å². The molecular formula is C16H23N3O. The number of rotatable bonds is 3. The molecule has 0 spiro atoms. The molecule has 1 N–H and O–H groups in total. The highest BCUT2D eigenvalue weighted by atomic mass is 16.2. The van der Waals surface area contributed by atoms with Gasteiger partial charge in [0.25, 0.3) is 0 Å². The molecule has 1 aromatic rings. The minimum Gasteiger partial charge on any atom is -0.364 e. The van der Waals surface area contributed by atoms with E-state index in [1.54, 1.807) is 0 Å². The first-order valence-corrected chi connectivity index (χ1v) is 7.45. The normalized spacial score (nSPS) is 19.6. The summed E-state index contributed by atoms with van der Waals surface area (Å²) in [6, 6.07) is 4.53. The summed E-state index contributed by atoms with van der Waals surface area (Å²) in [6.07, 6.45) is 4.03. The van der Waals surface area contributed by atoms with E-state index >= 15 is 0 Å². The van der Waals surface area contributed by atoms with E-state index in [1.807, 2.05) is 11.1 Å². The summed E-state index contributed by atoms with van der Waals surface area (Å²) in [4.78, 5) is 18.2. The summed E-state index contributed by atoms with van der Waals surface area (Å²) < 4.78 is 0. The monoisotopic (exact) mass is 273 g/mol. The van der Waals surface area contributed by atoms with Gasteiger partial charge in [-0.2, -0.15) is 0 Å². The molecule has 4 heteroatoms. The molecule has 108 valence electrons. The van der Waals surface area contributed by atoms with Crippen molar-refractivity contribution in [2.75, 3.05) is 18.4 Å². The number of hydrogen-bond acceptors (Lipinski definition) is 3. The van der Waals surface area contributed by atoms with Crippen molar-refractivity contribution in [3.63, 3.8) is 0 Å². The predicted molar refractivity (Wildman–Crippen MR) is 79.7 cm³/mol. The molecular weight excluding hydrogens is 250 g/mol. The Morgan fingerprint density at radius 1 is 1.35 bits per heavy atom. The molecule has 1 aliphatic heterocycles. The second-order valence-electron chi connectivity index (χ2n) is 7.04. The van der Waals surface area contributed by atoms with Gasteiger partial charge < -0.3 is 10.2 Å². The van der Waals surface area contributed by atoms with Crippen LogP contribution < -0.4 is 5.32 Å². The summed E-state index contributed by atoms with van der Waals surface area (Å²) in [5.41, 5.74) is 1.41. The van der Waals surface area contributed by atoms with Gasteiger partial charge in [0.15, 0.2) is 0 Å². The van der Waals surface area contributed by atoms with Crippen LogP contribution in [0.25, 0.3) is 0 Å². The standard InChI is InChI=1S/C16H23N3O/c1-16(2,3)12-6-7-17-14(8-12)18-13-9-19(10-13)15(20)11-4-5-11/h6-8,11,13H,4-5,9-10H2,1-3H3,(H,17,18). The quantitative estimate of drug-likeness (QED) is 0.920. The van der Waals surface area contributed by atoms with Gasteiger partial charge in [0.05, 0.1) is 6.04 Å². The fourth-order valence-electron chi connectivity index (χ4n) is 2.52. The molecule has 3 rings (SSSR count). The molecule has 2 heterocycles. The molecule has 0 radical (unpaired) electrons. The average molecular weight is 273 g/mol. The molecule has 1 amide bonds. The predicted octanol–water partition coefficient (Wildman–Crippen LogP) is 2.41. The summed E-state index contributed by atoms with van der Waals surface area (Å²) in [6.45, 7) is 8.23. The van der Waals surface area contributed by atoms with Crippen LogP contribution in [0.4, 0.5) is 5.82 Å². The van der Waals surface area contributed by atoms with Gasteiger partial charge in [-0.1, -0.05) is 20.8 Å². The third-order valence-corrected chi connectivity index (χ3v) is 4.10. The first kappa shape index (κ1) is 13.4. The number of anilines is 1. The molecule has 1 saturated carbocycles. The Bertz CT molecular complexity index is 511. The third-order valence-electron chi connectivity index (χ3n) is 4.10. The van der Waals surface area contributed by atoms with Crippen LogP contribution in [-0.4, -0.2) is 34.9 Å². The summed E-state index contributed by atoms with van der Waals surface area (Å²) in [5.74, 6) is 1.60. The molecule has 0 atom stereocenters. The van der Waals surface area contributed by atoms with Crippen molar-refractivity contribution in [3.8, 4) is 0 Å². The van der Waals surface area contributed by atoms with Crippen LogP contribution in [0.1, 0.15) is 39.2 Å². The summed E-state index contributed by atoms with van der Waals surface area (Å²) >= 11 is 0. The maximum atomic E-state index is 11.9. The van der Waals surface area contributed by atoms with E-state index in [9.17, 15) is 4.79 Å². The minimum atomic E-state index is 0.132. The smallest absolute Gasteiger partial charge is 0.225 e. The first-order chi connectivity index (χ1) is 9.43. The van der Waals surface area contributed by atoms with Crippen molar-refractivity contribution in [2.45, 2.75) is 45.1 Å². The lowest BCUT2D eigenvalue weighted by molar-refractivity contribution is -0.136. The largest absolute Gasteiger partial charge is 0.364 e. The van der Waals surface area contributed by atoms with E-state index < -0.39 is 0 Å². The lowest BCUT2D eigenvalue weighted by Crippen LogP contribution is -2.57. The van der Waals surface area contributed by atoms with Gasteiger partial charge in [-0.25, -0.2) is 4.98 Å². The van der Waals surface area contributed by atoms with Crippen LogP contribution >= 0.6 is 0 Å². The summed E-state index contributed by atoms with van der Waals surface area (Å²) in [7, 11) is 0. The minimum absolute atomic E-state index is 0.132. The second kappa shape index (κ2) is 4.76. The SMILES string of the molecule is CC(C)(C)c1ccnc(NC2CN(C(=O)C3CC3)C2)c1. The molecule has 1 aliphatic carbocycles. The van der Waals surface area contributed by atoms with Gasteiger partial charge in [0.1, 0.15) is 5.82 Å². The fourth-order valence-corrected chi connectivity index (χ4v) is 2.52. The first-order valence-electron chi connectivity index (χ1n) is 7.45. The number of amides is 1. The number of nitrogens with one attached hydrogen (secondary N) is 1. The van der Waals surface area contributed by atoms with Gasteiger partial charge >= 0.3 is 0 Å². The zero-order chi connectivity index (χ0) is 14.3. The van der Waals surface area contributed by atoms with Gasteiger partial charge in [-0.15, -0.1) is 0 Å². The maximum Gasteiger partial charge on any atom is 0.225 e. The van der Waals surface area contributed by atoms with Crippen molar-refractivity contribution < 1.29 is 4.79 Å². The second-order valence-corrected chi connectivity index (χ2v) is 7.04. The summed E-state index contributed by atoms with van der Waals surface area (Å²) in [5, 5.41) is 3.43.